The van der Waals surface area contributed by atoms with Gasteiger partial charge in [-0.15, -0.1) is 0 Å². The Balaban J connectivity index is 1.90. The second-order valence-electron chi connectivity index (χ2n) is 6.76. The maximum absolute atomic E-state index is 10.4. The summed E-state index contributed by atoms with van der Waals surface area (Å²) in [7, 11) is 1.80. The van der Waals surface area contributed by atoms with E-state index in [-0.39, 0.29) is 11.7 Å². The van der Waals surface area contributed by atoms with Gasteiger partial charge in [0.2, 0.25) is 0 Å². The van der Waals surface area contributed by atoms with E-state index in [0.29, 0.717) is 0 Å². The molecule has 2 rings (SSSR count). The van der Waals surface area contributed by atoms with E-state index in [0.717, 1.165) is 38.0 Å². The second kappa shape index (κ2) is 6.91. The lowest BCUT2D eigenvalue weighted by Gasteiger charge is -2.39. The number of hydrogen-bond acceptors (Lipinski definition) is 3. The number of aryl methyl sites for hydroxylation is 2. The summed E-state index contributed by atoms with van der Waals surface area (Å²) in [5.74, 6) is 0. The van der Waals surface area contributed by atoms with E-state index in [9.17, 15) is 5.11 Å². The number of aliphatic hydroxyl groups excluding tert-OH is 1. The van der Waals surface area contributed by atoms with Crippen LogP contribution in [-0.2, 0) is 4.74 Å². The lowest BCUT2D eigenvalue weighted by atomic mass is 9.94. The van der Waals surface area contributed by atoms with Gasteiger partial charge in [0.1, 0.15) is 0 Å². The maximum atomic E-state index is 10.4. The first-order valence-corrected chi connectivity index (χ1v) is 7.96. The van der Waals surface area contributed by atoms with Gasteiger partial charge in [0.25, 0.3) is 0 Å². The molecule has 0 amide bonds. The number of methoxy groups -OCH3 is 1. The van der Waals surface area contributed by atoms with Crippen LogP contribution in [0.2, 0.25) is 0 Å². The number of nitrogens with zero attached hydrogens (tertiary/aromatic N) is 1. The first-order valence-electron chi connectivity index (χ1n) is 7.96. The van der Waals surface area contributed by atoms with Crippen molar-refractivity contribution in [2.75, 3.05) is 26.7 Å². The average molecular weight is 291 g/mol. The Hall–Kier alpha value is -0.900. The van der Waals surface area contributed by atoms with Gasteiger partial charge in [0.15, 0.2) is 0 Å². The fourth-order valence-corrected chi connectivity index (χ4v) is 3.34. The van der Waals surface area contributed by atoms with Crippen LogP contribution in [0, 0.1) is 13.8 Å². The maximum Gasteiger partial charge on any atom is 0.0802 e. The van der Waals surface area contributed by atoms with Gasteiger partial charge in [-0.1, -0.05) is 29.3 Å². The number of hydrogen-bond donors (Lipinski definition) is 1. The smallest absolute Gasteiger partial charge is 0.0802 e. The summed E-state index contributed by atoms with van der Waals surface area (Å²) in [6, 6.07) is 6.32. The van der Waals surface area contributed by atoms with Crippen LogP contribution < -0.4 is 0 Å². The SMILES string of the molecule is COC1(C)CCCN(CCC(O)c2cc(C)cc(C)c2)C1. The zero-order valence-corrected chi connectivity index (χ0v) is 13.9. The average Bonchev–Trinajstić information content (AvgIpc) is 2.44. The van der Waals surface area contributed by atoms with Gasteiger partial charge in [-0.25, -0.2) is 0 Å². The Morgan fingerprint density at radius 1 is 1.29 bits per heavy atom. The summed E-state index contributed by atoms with van der Waals surface area (Å²) >= 11 is 0. The van der Waals surface area contributed by atoms with Crippen molar-refractivity contribution in [1.82, 2.24) is 4.90 Å². The molecule has 1 N–H and O–H groups in total. The minimum Gasteiger partial charge on any atom is -0.388 e. The molecule has 3 nitrogen and oxygen atoms in total. The van der Waals surface area contributed by atoms with E-state index in [1.807, 2.05) is 0 Å². The molecule has 2 unspecified atom stereocenters. The number of likely N-dealkylation sites (tertiary alicyclic amines) is 1. The molecule has 1 aliphatic rings. The number of benzene rings is 1. The van der Waals surface area contributed by atoms with Crippen molar-refractivity contribution in [2.24, 2.45) is 0 Å². The molecular formula is C18H29NO2. The molecule has 2 atom stereocenters. The lowest BCUT2D eigenvalue weighted by molar-refractivity contribution is -0.0528. The van der Waals surface area contributed by atoms with E-state index in [1.165, 1.54) is 17.5 Å². The highest BCUT2D eigenvalue weighted by atomic mass is 16.5. The van der Waals surface area contributed by atoms with Crippen molar-refractivity contribution in [2.45, 2.75) is 51.7 Å². The minimum absolute atomic E-state index is 0.0247. The molecule has 1 saturated heterocycles. The number of piperidine rings is 1. The summed E-state index contributed by atoms with van der Waals surface area (Å²) in [6.07, 6.45) is 2.70. The number of ether oxygens (including phenoxy) is 1. The van der Waals surface area contributed by atoms with Crippen LogP contribution in [0.1, 0.15) is 49.0 Å². The number of aliphatic hydroxyl groups is 1. The lowest BCUT2D eigenvalue weighted by Crippen LogP contribution is -2.47. The molecular weight excluding hydrogens is 262 g/mol. The van der Waals surface area contributed by atoms with Crippen molar-refractivity contribution in [3.05, 3.63) is 34.9 Å². The molecule has 0 spiro atoms. The molecule has 118 valence electrons. The third kappa shape index (κ3) is 4.53. The van der Waals surface area contributed by atoms with Crippen molar-refractivity contribution in [3.63, 3.8) is 0 Å². The highest BCUT2D eigenvalue weighted by Gasteiger charge is 2.30. The Kier molecular flexibility index (Phi) is 5.42. The van der Waals surface area contributed by atoms with Crippen molar-refractivity contribution < 1.29 is 9.84 Å². The zero-order chi connectivity index (χ0) is 15.5. The van der Waals surface area contributed by atoms with Crippen LogP contribution in [0.5, 0.6) is 0 Å². The molecule has 1 aliphatic heterocycles. The quantitative estimate of drug-likeness (QED) is 0.904. The molecule has 3 heteroatoms. The van der Waals surface area contributed by atoms with Gasteiger partial charge >= 0.3 is 0 Å². The predicted octanol–water partition coefficient (Wildman–Crippen LogP) is 3.23. The van der Waals surface area contributed by atoms with Crippen LogP contribution in [0.15, 0.2) is 18.2 Å². The van der Waals surface area contributed by atoms with E-state index in [2.05, 4.69) is 43.9 Å². The summed E-state index contributed by atoms with van der Waals surface area (Å²) < 4.78 is 5.63. The van der Waals surface area contributed by atoms with E-state index < -0.39 is 0 Å². The van der Waals surface area contributed by atoms with Crippen LogP contribution in [0.4, 0.5) is 0 Å². The van der Waals surface area contributed by atoms with Gasteiger partial charge in [-0.3, -0.25) is 0 Å². The third-order valence-corrected chi connectivity index (χ3v) is 4.58. The normalized spacial score (nSPS) is 25.0. The van der Waals surface area contributed by atoms with Gasteiger partial charge in [-0.05, 0) is 52.1 Å². The fourth-order valence-electron chi connectivity index (χ4n) is 3.34. The topological polar surface area (TPSA) is 32.7 Å². The standard InChI is InChI=1S/C18H29NO2/c1-14-10-15(2)12-16(11-14)17(20)6-9-19-8-5-7-18(3,13-19)21-4/h10-12,17,20H,5-9,13H2,1-4H3. The molecule has 0 aromatic heterocycles. The monoisotopic (exact) mass is 291 g/mol. The molecule has 1 aromatic carbocycles. The highest BCUT2D eigenvalue weighted by molar-refractivity contribution is 5.29. The molecule has 0 bridgehead atoms. The van der Waals surface area contributed by atoms with Crippen molar-refractivity contribution in [1.29, 1.82) is 0 Å². The van der Waals surface area contributed by atoms with E-state index in [4.69, 9.17) is 4.74 Å². The van der Waals surface area contributed by atoms with Gasteiger partial charge in [-0.2, -0.15) is 0 Å². The fraction of sp³-hybridized carbons (Fsp3) is 0.667. The predicted molar refractivity (Wildman–Crippen MR) is 86.6 cm³/mol. The van der Waals surface area contributed by atoms with Gasteiger partial charge < -0.3 is 14.7 Å². The van der Waals surface area contributed by atoms with Gasteiger partial charge in [0.05, 0.1) is 11.7 Å². The molecule has 0 radical (unpaired) electrons. The van der Waals surface area contributed by atoms with Crippen LogP contribution in [-0.4, -0.2) is 42.4 Å². The van der Waals surface area contributed by atoms with Crippen molar-refractivity contribution in [3.8, 4) is 0 Å². The minimum atomic E-state index is -0.376. The molecule has 0 aliphatic carbocycles. The van der Waals surface area contributed by atoms with Gasteiger partial charge in [0, 0.05) is 20.2 Å². The van der Waals surface area contributed by atoms with Crippen LogP contribution >= 0.6 is 0 Å². The second-order valence-corrected chi connectivity index (χ2v) is 6.76. The molecule has 0 saturated carbocycles. The first-order chi connectivity index (χ1) is 9.92. The largest absolute Gasteiger partial charge is 0.388 e. The zero-order valence-electron chi connectivity index (χ0n) is 13.9. The Bertz CT molecular complexity index is 454. The Morgan fingerprint density at radius 3 is 2.57 bits per heavy atom. The molecule has 1 heterocycles. The summed E-state index contributed by atoms with van der Waals surface area (Å²) in [5.41, 5.74) is 3.45. The summed E-state index contributed by atoms with van der Waals surface area (Å²) in [5, 5.41) is 10.4. The summed E-state index contributed by atoms with van der Waals surface area (Å²) in [6.45, 7) is 9.34. The Labute approximate surface area is 128 Å². The molecule has 21 heavy (non-hydrogen) atoms. The third-order valence-electron chi connectivity index (χ3n) is 4.58. The highest BCUT2D eigenvalue weighted by Crippen LogP contribution is 2.25. The van der Waals surface area contributed by atoms with Crippen LogP contribution in [0.25, 0.3) is 0 Å². The van der Waals surface area contributed by atoms with Crippen molar-refractivity contribution >= 4 is 0 Å². The molecule has 1 fully saturated rings. The van der Waals surface area contributed by atoms with E-state index >= 15 is 0 Å². The summed E-state index contributed by atoms with van der Waals surface area (Å²) in [4.78, 5) is 2.42. The Morgan fingerprint density at radius 2 is 1.95 bits per heavy atom. The van der Waals surface area contributed by atoms with Crippen LogP contribution in [0.3, 0.4) is 0 Å². The number of rotatable bonds is 5. The molecule has 1 aromatic rings. The van der Waals surface area contributed by atoms with E-state index in [1.54, 1.807) is 7.11 Å². The first kappa shape index (κ1) is 16.5.